The van der Waals surface area contributed by atoms with Crippen LogP contribution in [0.2, 0.25) is 5.02 Å². The van der Waals surface area contributed by atoms with E-state index < -0.39 is 10.0 Å². The van der Waals surface area contributed by atoms with Gasteiger partial charge in [-0.25, -0.2) is 8.42 Å². The van der Waals surface area contributed by atoms with Crippen LogP contribution in [0.25, 0.3) is 0 Å². The molecule has 146 valence electrons. The summed E-state index contributed by atoms with van der Waals surface area (Å²) >= 11 is 6.03. The second-order valence-electron chi connectivity index (χ2n) is 5.81. The molecule has 0 aliphatic heterocycles. The summed E-state index contributed by atoms with van der Waals surface area (Å²) in [4.78, 5) is 12.2. The number of nitrogens with zero attached hydrogens (tertiary/aromatic N) is 1. The first-order chi connectivity index (χ1) is 12.9. The maximum Gasteiger partial charge on any atom is 0.243 e. The van der Waals surface area contributed by atoms with Crippen molar-refractivity contribution in [1.29, 1.82) is 0 Å². The lowest BCUT2D eigenvalue weighted by atomic mass is 10.1. The molecule has 2 aromatic carbocycles. The highest BCUT2D eigenvalue weighted by molar-refractivity contribution is 7.89. The Labute approximate surface area is 165 Å². The molecule has 2 aromatic rings. The van der Waals surface area contributed by atoms with E-state index in [1.165, 1.54) is 25.3 Å². The number of likely N-dealkylation sites (N-methyl/N-ethyl adjacent to an activating group) is 1. The minimum Gasteiger partial charge on any atom is -0.495 e. The van der Waals surface area contributed by atoms with Crippen molar-refractivity contribution in [3.05, 3.63) is 59.1 Å². The van der Waals surface area contributed by atoms with Gasteiger partial charge in [-0.05, 0) is 30.2 Å². The summed E-state index contributed by atoms with van der Waals surface area (Å²) in [5.74, 6) is 0.0354. The molecule has 0 aliphatic carbocycles. The first-order valence-electron chi connectivity index (χ1n) is 8.52. The van der Waals surface area contributed by atoms with Crippen LogP contribution in [0.15, 0.2) is 53.4 Å². The van der Waals surface area contributed by atoms with E-state index in [1.807, 2.05) is 30.3 Å². The lowest BCUT2D eigenvalue weighted by molar-refractivity contribution is -0.121. The summed E-state index contributed by atoms with van der Waals surface area (Å²) in [7, 11) is -2.39. The topological polar surface area (TPSA) is 75.7 Å². The number of ether oxygens (including phenoxy) is 1. The molecule has 0 bridgehead atoms. The van der Waals surface area contributed by atoms with Crippen LogP contribution >= 0.6 is 11.6 Å². The Bertz CT molecular complexity index is 873. The predicted octanol–water partition coefficient (Wildman–Crippen LogP) is 2.72. The summed E-state index contributed by atoms with van der Waals surface area (Å²) in [6, 6.07) is 14.0. The van der Waals surface area contributed by atoms with Gasteiger partial charge in [-0.3, -0.25) is 4.79 Å². The maximum atomic E-state index is 12.8. The highest BCUT2D eigenvalue weighted by Gasteiger charge is 2.26. The van der Waals surface area contributed by atoms with Crippen LogP contribution in [0.3, 0.4) is 0 Å². The molecule has 0 saturated carbocycles. The number of hydrogen-bond donors (Lipinski definition) is 1. The molecule has 6 nitrogen and oxygen atoms in total. The zero-order valence-corrected chi connectivity index (χ0v) is 16.9. The third-order valence-corrected chi connectivity index (χ3v) is 6.22. The van der Waals surface area contributed by atoms with E-state index in [2.05, 4.69) is 5.32 Å². The average molecular weight is 411 g/mol. The van der Waals surface area contributed by atoms with Crippen molar-refractivity contribution in [2.24, 2.45) is 0 Å². The molecule has 1 N–H and O–H groups in total. The fourth-order valence-corrected chi connectivity index (χ4v) is 4.28. The van der Waals surface area contributed by atoms with E-state index in [9.17, 15) is 13.2 Å². The van der Waals surface area contributed by atoms with Crippen LogP contribution in [0.1, 0.15) is 12.5 Å². The molecule has 0 aliphatic rings. The van der Waals surface area contributed by atoms with Gasteiger partial charge in [-0.2, -0.15) is 4.31 Å². The first-order valence-corrected chi connectivity index (χ1v) is 10.3. The Balaban J connectivity index is 2.00. The van der Waals surface area contributed by atoms with E-state index in [0.29, 0.717) is 18.7 Å². The summed E-state index contributed by atoms with van der Waals surface area (Å²) < 4.78 is 31.7. The molecule has 0 aromatic heterocycles. The molecular weight excluding hydrogens is 388 g/mol. The van der Waals surface area contributed by atoms with Gasteiger partial charge in [0.05, 0.1) is 23.6 Å². The Morgan fingerprint density at radius 3 is 2.48 bits per heavy atom. The molecule has 27 heavy (non-hydrogen) atoms. The fraction of sp³-hybridized carbons (Fsp3) is 0.316. The molecular formula is C19H23ClN2O4S. The first kappa shape index (κ1) is 21.2. The van der Waals surface area contributed by atoms with E-state index >= 15 is 0 Å². The number of sulfonamides is 1. The van der Waals surface area contributed by atoms with Crippen molar-refractivity contribution >= 4 is 27.5 Å². The minimum atomic E-state index is -3.84. The van der Waals surface area contributed by atoms with Gasteiger partial charge in [0.15, 0.2) is 0 Å². The zero-order chi connectivity index (χ0) is 19.9. The molecule has 0 atom stereocenters. The van der Waals surface area contributed by atoms with Gasteiger partial charge >= 0.3 is 0 Å². The minimum absolute atomic E-state index is 0.0206. The number of carbonyl (C=O) groups excluding carboxylic acids is 1. The number of amides is 1. The van der Waals surface area contributed by atoms with Crippen molar-refractivity contribution in [3.63, 3.8) is 0 Å². The third-order valence-electron chi connectivity index (χ3n) is 4.01. The Hall–Kier alpha value is -2.09. The lowest BCUT2D eigenvalue weighted by Crippen LogP contribution is -2.41. The molecule has 8 heteroatoms. The summed E-state index contributed by atoms with van der Waals surface area (Å²) in [5.41, 5.74) is 1.10. The van der Waals surface area contributed by atoms with Gasteiger partial charge in [0.2, 0.25) is 15.9 Å². The second kappa shape index (κ2) is 9.73. The standard InChI is InChI=1S/C19H23ClN2O4S/c1-3-22(14-19(23)21-12-11-15-7-5-4-6-8-15)27(24,25)16-9-10-18(26-2)17(20)13-16/h4-10,13H,3,11-12,14H2,1-2H3,(H,21,23). The second-order valence-corrected chi connectivity index (χ2v) is 8.16. The molecule has 0 spiro atoms. The SMILES string of the molecule is CCN(CC(=O)NCCc1ccccc1)S(=O)(=O)c1ccc(OC)c(Cl)c1. The van der Waals surface area contributed by atoms with E-state index in [1.54, 1.807) is 6.92 Å². The highest BCUT2D eigenvalue weighted by atomic mass is 35.5. The van der Waals surface area contributed by atoms with Crippen LogP contribution in [-0.2, 0) is 21.2 Å². The lowest BCUT2D eigenvalue weighted by Gasteiger charge is -2.20. The third kappa shape index (κ3) is 5.69. The zero-order valence-electron chi connectivity index (χ0n) is 15.3. The number of halogens is 1. The summed E-state index contributed by atoms with van der Waals surface area (Å²) in [5, 5.41) is 2.95. The molecule has 1 amide bonds. The highest BCUT2D eigenvalue weighted by Crippen LogP contribution is 2.28. The Kier molecular flexibility index (Phi) is 7.65. The molecule has 0 radical (unpaired) electrons. The van der Waals surface area contributed by atoms with Gasteiger partial charge < -0.3 is 10.1 Å². The maximum absolute atomic E-state index is 12.8. The largest absolute Gasteiger partial charge is 0.495 e. The van der Waals surface area contributed by atoms with E-state index in [-0.39, 0.29) is 28.9 Å². The van der Waals surface area contributed by atoms with Crippen molar-refractivity contribution in [2.45, 2.75) is 18.2 Å². The quantitative estimate of drug-likeness (QED) is 0.689. The summed E-state index contributed by atoms with van der Waals surface area (Å²) in [6.07, 6.45) is 0.680. The van der Waals surface area contributed by atoms with Gasteiger partial charge in [-0.15, -0.1) is 0 Å². The fourth-order valence-electron chi connectivity index (χ4n) is 2.53. The molecule has 0 heterocycles. The number of hydrogen-bond acceptors (Lipinski definition) is 4. The van der Waals surface area contributed by atoms with E-state index in [0.717, 1.165) is 9.87 Å². The van der Waals surface area contributed by atoms with Crippen LogP contribution in [-0.4, -0.2) is 45.4 Å². The van der Waals surface area contributed by atoms with E-state index in [4.69, 9.17) is 16.3 Å². The van der Waals surface area contributed by atoms with Crippen LogP contribution < -0.4 is 10.1 Å². The number of methoxy groups -OCH3 is 1. The predicted molar refractivity (Wildman–Crippen MR) is 106 cm³/mol. The van der Waals surface area contributed by atoms with Gasteiger partial charge in [0, 0.05) is 13.1 Å². The molecule has 0 saturated heterocycles. The number of nitrogens with one attached hydrogen (secondary N) is 1. The number of benzene rings is 2. The van der Waals surface area contributed by atoms with Crippen LogP contribution in [0.4, 0.5) is 0 Å². The van der Waals surface area contributed by atoms with Crippen molar-refractivity contribution in [2.75, 3.05) is 26.7 Å². The Morgan fingerprint density at radius 1 is 1.19 bits per heavy atom. The van der Waals surface area contributed by atoms with Gasteiger partial charge in [0.1, 0.15) is 5.75 Å². The Morgan fingerprint density at radius 2 is 1.89 bits per heavy atom. The van der Waals surface area contributed by atoms with Crippen LogP contribution in [0.5, 0.6) is 5.75 Å². The van der Waals surface area contributed by atoms with Gasteiger partial charge in [0.25, 0.3) is 0 Å². The van der Waals surface area contributed by atoms with Crippen molar-refractivity contribution < 1.29 is 17.9 Å². The smallest absolute Gasteiger partial charge is 0.243 e. The van der Waals surface area contributed by atoms with Crippen LogP contribution in [0, 0.1) is 0 Å². The molecule has 2 rings (SSSR count). The summed E-state index contributed by atoms with van der Waals surface area (Å²) in [6.45, 7) is 2.03. The van der Waals surface area contributed by atoms with Crippen molar-refractivity contribution in [1.82, 2.24) is 9.62 Å². The number of rotatable bonds is 9. The van der Waals surface area contributed by atoms with Gasteiger partial charge in [-0.1, -0.05) is 48.9 Å². The molecule has 0 fully saturated rings. The monoisotopic (exact) mass is 410 g/mol. The van der Waals surface area contributed by atoms with Crippen molar-refractivity contribution in [3.8, 4) is 5.75 Å². The normalized spacial score (nSPS) is 11.4. The number of carbonyl (C=O) groups is 1. The molecule has 0 unspecified atom stereocenters. The average Bonchev–Trinajstić information content (AvgIpc) is 2.66.